The van der Waals surface area contributed by atoms with Gasteiger partial charge in [-0.3, -0.25) is 4.90 Å². The molecule has 0 aromatic carbocycles. The summed E-state index contributed by atoms with van der Waals surface area (Å²) in [5.41, 5.74) is 1.31. The van der Waals surface area contributed by atoms with Gasteiger partial charge in [0.05, 0.1) is 25.2 Å². The quantitative estimate of drug-likeness (QED) is 0.836. The van der Waals surface area contributed by atoms with Crippen LogP contribution in [0.3, 0.4) is 0 Å². The molecule has 0 N–H and O–H groups in total. The average Bonchev–Trinajstić information content (AvgIpc) is 3.11. The molecule has 5 heteroatoms. The Hall–Kier alpha value is -0.910. The van der Waals surface area contributed by atoms with Crippen LogP contribution in [0.25, 0.3) is 0 Å². The van der Waals surface area contributed by atoms with Gasteiger partial charge in [0, 0.05) is 38.2 Å². The Labute approximate surface area is 127 Å². The van der Waals surface area contributed by atoms with Crippen LogP contribution in [-0.2, 0) is 22.6 Å². The van der Waals surface area contributed by atoms with Crippen molar-refractivity contribution >= 4 is 0 Å². The van der Waals surface area contributed by atoms with Crippen molar-refractivity contribution in [2.24, 2.45) is 0 Å². The van der Waals surface area contributed by atoms with Gasteiger partial charge in [0.1, 0.15) is 0 Å². The third kappa shape index (κ3) is 3.30. The monoisotopic (exact) mass is 293 g/mol. The minimum atomic E-state index is -0.249. The van der Waals surface area contributed by atoms with Gasteiger partial charge >= 0.3 is 0 Å². The zero-order valence-electron chi connectivity index (χ0n) is 13.3. The van der Waals surface area contributed by atoms with Crippen molar-refractivity contribution in [3.05, 3.63) is 18.2 Å². The van der Waals surface area contributed by atoms with Gasteiger partial charge in [-0.1, -0.05) is 6.92 Å². The van der Waals surface area contributed by atoms with Crippen molar-refractivity contribution in [2.75, 3.05) is 20.3 Å². The summed E-state index contributed by atoms with van der Waals surface area (Å²) in [6.07, 6.45) is 9.44. The van der Waals surface area contributed by atoms with Crippen LogP contribution in [0.15, 0.2) is 12.5 Å². The Kier molecular flexibility index (Phi) is 4.62. The lowest BCUT2D eigenvalue weighted by atomic mass is 9.89. The van der Waals surface area contributed by atoms with Gasteiger partial charge in [-0.05, 0) is 26.3 Å². The molecule has 3 rings (SSSR count). The molecular weight excluding hydrogens is 266 g/mol. The van der Waals surface area contributed by atoms with E-state index < -0.39 is 0 Å². The van der Waals surface area contributed by atoms with E-state index in [4.69, 9.17) is 9.47 Å². The molecule has 0 radical (unpaired) electrons. The van der Waals surface area contributed by atoms with Gasteiger partial charge in [0.25, 0.3) is 0 Å². The minimum Gasteiger partial charge on any atom is -0.348 e. The third-order valence-electron chi connectivity index (χ3n) is 4.83. The number of ether oxygens (including phenoxy) is 2. The summed E-state index contributed by atoms with van der Waals surface area (Å²) in [4.78, 5) is 6.76. The summed E-state index contributed by atoms with van der Waals surface area (Å²) >= 11 is 0. The number of nitrogens with zero attached hydrogens (tertiary/aromatic N) is 3. The van der Waals surface area contributed by atoms with Gasteiger partial charge in [0.2, 0.25) is 0 Å². The molecule has 1 aromatic heterocycles. The number of hydrogen-bond donors (Lipinski definition) is 0. The molecule has 21 heavy (non-hydrogen) atoms. The van der Waals surface area contributed by atoms with Crippen LogP contribution in [-0.4, -0.2) is 46.5 Å². The maximum Gasteiger partial charge on any atom is 0.168 e. The molecule has 0 amide bonds. The van der Waals surface area contributed by atoms with Crippen molar-refractivity contribution in [3.63, 3.8) is 0 Å². The predicted octanol–water partition coefficient (Wildman–Crippen LogP) is 2.41. The van der Waals surface area contributed by atoms with Crippen molar-refractivity contribution in [3.8, 4) is 0 Å². The maximum absolute atomic E-state index is 5.81. The van der Waals surface area contributed by atoms with Crippen LogP contribution in [0.2, 0.25) is 0 Å². The van der Waals surface area contributed by atoms with Gasteiger partial charge in [-0.25, -0.2) is 4.98 Å². The molecular formula is C16H27N3O2. The van der Waals surface area contributed by atoms with E-state index in [0.29, 0.717) is 6.04 Å². The summed E-state index contributed by atoms with van der Waals surface area (Å²) < 4.78 is 13.9. The molecule has 0 atom stereocenters. The molecule has 1 spiro atoms. The molecule has 0 bridgehead atoms. The second-order valence-electron chi connectivity index (χ2n) is 6.33. The first-order valence-corrected chi connectivity index (χ1v) is 8.19. The van der Waals surface area contributed by atoms with E-state index in [9.17, 15) is 0 Å². The molecule has 0 unspecified atom stereocenters. The van der Waals surface area contributed by atoms with E-state index in [2.05, 4.69) is 28.4 Å². The standard InChI is InChI=1S/C16H27N3O2/c1-3-8-19-13-17-11-15(19)12-18(2)14-4-6-16(7-5-14)20-9-10-21-16/h11,13-14H,3-10,12H2,1-2H3. The molecule has 2 aliphatic rings. The highest BCUT2D eigenvalue weighted by atomic mass is 16.7. The lowest BCUT2D eigenvalue weighted by molar-refractivity contribution is -0.183. The van der Waals surface area contributed by atoms with E-state index in [0.717, 1.165) is 58.4 Å². The van der Waals surface area contributed by atoms with Crippen molar-refractivity contribution in [1.29, 1.82) is 0 Å². The first kappa shape index (κ1) is 15.0. The Morgan fingerprint density at radius 1 is 1.33 bits per heavy atom. The fraction of sp³-hybridized carbons (Fsp3) is 0.812. The lowest BCUT2D eigenvalue weighted by Crippen LogP contribution is -2.42. The smallest absolute Gasteiger partial charge is 0.168 e. The van der Waals surface area contributed by atoms with E-state index >= 15 is 0 Å². The number of hydrogen-bond acceptors (Lipinski definition) is 4. The zero-order valence-corrected chi connectivity index (χ0v) is 13.3. The van der Waals surface area contributed by atoms with Gasteiger partial charge in [-0.2, -0.15) is 0 Å². The molecule has 2 fully saturated rings. The van der Waals surface area contributed by atoms with E-state index in [-0.39, 0.29) is 5.79 Å². The number of rotatable bonds is 5. The van der Waals surface area contributed by atoms with Crippen molar-refractivity contribution in [1.82, 2.24) is 14.5 Å². The number of imidazole rings is 1. The molecule has 5 nitrogen and oxygen atoms in total. The van der Waals surface area contributed by atoms with Gasteiger partial charge in [0.15, 0.2) is 5.79 Å². The summed E-state index contributed by atoms with van der Waals surface area (Å²) in [6.45, 7) is 5.75. The van der Waals surface area contributed by atoms with Crippen molar-refractivity contribution in [2.45, 2.75) is 63.9 Å². The summed E-state index contributed by atoms with van der Waals surface area (Å²) in [7, 11) is 2.22. The highest BCUT2D eigenvalue weighted by Crippen LogP contribution is 2.37. The number of aromatic nitrogens is 2. The fourth-order valence-corrected chi connectivity index (χ4v) is 3.58. The Morgan fingerprint density at radius 3 is 2.71 bits per heavy atom. The van der Waals surface area contributed by atoms with Crippen LogP contribution < -0.4 is 0 Å². The molecule has 118 valence electrons. The SMILES string of the molecule is CCCn1cncc1CN(C)C1CCC2(CC1)OCCO2. The normalized spacial score (nSPS) is 22.4. The largest absolute Gasteiger partial charge is 0.348 e. The molecule has 1 saturated carbocycles. The first-order chi connectivity index (χ1) is 10.2. The van der Waals surface area contributed by atoms with E-state index in [1.807, 2.05) is 12.5 Å². The molecule has 1 aromatic rings. The Morgan fingerprint density at radius 2 is 2.05 bits per heavy atom. The molecule has 1 aliphatic carbocycles. The van der Waals surface area contributed by atoms with E-state index in [1.165, 1.54) is 5.69 Å². The maximum atomic E-state index is 5.81. The first-order valence-electron chi connectivity index (χ1n) is 8.19. The van der Waals surface area contributed by atoms with Crippen molar-refractivity contribution < 1.29 is 9.47 Å². The topological polar surface area (TPSA) is 39.5 Å². The zero-order chi connectivity index (χ0) is 14.7. The molecule has 1 saturated heterocycles. The number of aryl methyl sites for hydroxylation is 1. The molecule has 1 aliphatic heterocycles. The second kappa shape index (κ2) is 6.46. The second-order valence-corrected chi connectivity index (χ2v) is 6.33. The highest BCUT2D eigenvalue weighted by molar-refractivity contribution is 4.99. The van der Waals surface area contributed by atoms with Gasteiger partial charge < -0.3 is 14.0 Å². The van der Waals surface area contributed by atoms with Crippen LogP contribution in [0.5, 0.6) is 0 Å². The Balaban J connectivity index is 1.54. The highest BCUT2D eigenvalue weighted by Gasteiger charge is 2.41. The predicted molar refractivity (Wildman–Crippen MR) is 80.9 cm³/mol. The van der Waals surface area contributed by atoms with E-state index in [1.54, 1.807) is 0 Å². The fourth-order valence-electron chi connectivity index (χ4n) is 3.58. The summed E-state index contributed by atoms with van der Waals surface area (Å²) in [6, 6.07) is 0.619. The minimum absolute atomic E-state index is 0.249. The van der Waals surface area contributed by atoms with Crippen LogP contribution in [0.1, 0.15) is 44.7 Å². The molecule has 2 heterocycles. The lowest BCUT2D eigenvalue weighted by Gasteiger charge is -2.39. The Bertz CT molecular complexity index is 444. The van der Waals surface area contributed by atoms with Crippen LogP contribution >= 0.6 is 0 Å². The van der Waals surface area contributed by atoms with Gasteiger partial charge in [-0.15, -0.1) is 0 Å². The summed E-state index contributed by atoms with van der Waals surface area (Å²) in [5, 5.41) is 0. The van der Waals surface area contributed by atoms with Crippen LogP contribution in [0, 0.1) is 0 Å². The average molecular weight is 293 g/mol. The van der Waals surface area contributed by atoms with Crippen LogP contribution in [0.4, 0.5) is 0 Å². The third-order valence-corrected chi connectivity index (χ3v) is 4.83. The summed E-state index contributed by atoms with van der Waals surface area (Å²) in [5.74, 6) is -0.249.